The van der Waals surface area contributed by atoms with Crippen LogP contribution in [0, 0.1) is 0 Å². The molecule has 0 bridgehead atoms. The maximum Gasteiger partial charge on any atom is 0.521 e. The highest BCUT2D eigenvalue weighted by Crippen LogP contribution is 2.02. The van der Waals surface area contributed by atoms with E-state index in [0.717, 1.165) is 0 Å². The third kappa shape index (κ3) is 25.5. The van der Waals surface area contributed by atoms with Crippen LogP contribution in [-0.4, -0.2) is 17.6 Å². The van der Waals surface area contributed by atoms with Gasteiger partial charge in [0.1, 0.15) is 5.78 Å². The lowest BCUT2D eigenvalue weighted by Crippen LogP contribution is -2.07. The molecule has 1 unspecified atom stereocenters. The van der Waals surface area contributed by atoms with E-state index < -0.39 is 8.25 Å². The summed E-state index contributed by atoms with van der Waals surface area (Å²) in [6.45, 7) is 1.62. The van der Waals surface area contributed by atoms with Crippen molar-refractivity contribution >= 4 is 14.0 Å². The molecule has 0 saturated heterocycles. The first-order valence-electron chi connectivity index (χ1n) is 2.20. The molecule has 0 aliphatic carbocycles. The Labute approximate surface area is 60.0 Å². The van der Waals surface area contributed by atoms with Crippen molar-refractivity contribution in [3.05, 3.63) is 0 Å². The number of nitrogens with two attached hydrogens (primary N) is 1. The van der Waals surface area contributed by atoms with E-state index in [1.165, 1.54) is 6.92 Å². The molecule has 0 heterocycles. The summed E-state index contributed by atoms with van der Waals surface area (Å²) < 4.78 is 11.6. The predicted molar refractivity (Wildman–Crippen MR) is 33.2 cm³/mol. The topological polar surface area (TPSA) is 113 Å². The average Bonchev–Trinajstić information content (AvgIpc) is 1.89. The summed E-state index contributed by atoms with van der Waals surface area (Å²) in [5, 5.41) is 7.05. The lowest BCUT2D eigenvalue weighted by atomic mass is 10.5. The van der Waals surface area contributed by atoms with E-state index in [9.17, 15) is 4.79 Å². The molecule has 10 heavy (non-hydrogen) atoms. The standard InChI is InChI=1S/C3H7NO.HO4P.H2/c1-3(5)2-4;1-4-5(2)3;/h2,4H2,1H3;1H;1H. The molecule has 0 aromatic rings. The van der Waals surface area contributed by atoms with E-state index in [4.69, 9.17) is 20.4 Å². The van der Waals surface area contributed by atoms with E-state index in [1.54, 1.807) is 0 Å². The van der Waals surface area contributed by atoms with Gasteiger partial charge in [0.15, 0.2) is 0 Å². The molecule has 0 spiro atoms. The molecule has 0 rings (SSSR count). The van der Waals surface area contributed by atoms with Crippen molar-refractivity contribution in [2.24, 2.45) is 5.73 Å². The quantitative estimate of drug-likeness (QED) is 0.322. The van der Waals surface area contributed by atoms with Gasteiger partial charge in [0.05, 0.1) is 6.54 Å². The van der Waals surface area contributed by atoms with Gasteiger partial charge in [-0.1, -0.05) is 0 Å². The fourth-order valence-corrected chi connectivity index (χ4v) is 0. The van der Waals surface area contributed by atoms with Crippen LogP contribution in [-0.2, 0) is 14.0 Å². The number of hydrogen-bond acceptors (Lipinski definition) is 6. The van der Waals surface area contributed by atoms with Crippen molar-refractivity contribution in [1.29, 1.82) is 0 Å². The Morgan fingerprint density at radius 2 is 2.20 bits per heavy atom. The third-order valence-corrected chi connectivity index (χ3v) is 0.487. The predicted octanol–water partition coefficient (Wildman–Crippen LogP) is -0.726. The van der Waals surface area contributed by atoms with E-state index in [0.29, 0.717) is 0 Å². The molecule has 0 saturated carbocycles. The Bertz CT molecular complexity index is 106. The van der Waals surface area contributed by atoms with E-state index in [1.807, 2.05) is 0 Å². The zero-order valence-corrected chi connectivity index (χ0v) is 6.21. The van der Waals surface area contributed by atoms with Crippen LogP contribution in [0.3, 0.4) is 0 Å². The van der Waals surface area contributed by atoms with Crippen LogP contribution >= 0.6 is 8.25 Å². The minimum absolute atomic E-state index is 0. The molecule has 0 radical (unpaired) electrons. The first kappa shape index (κ1) is 12.3. The Hall–Kier alpha value is -0.390. The molecule has 0 aliphatic rings. The molecule has 0 aromatic heterocycles. The highest BCUT2D eigenvalue weighted by molar-refractivity contribution is 7.30. The minimum atomic E-state index is -3.04. The van der Waals surface area contributed by atoms with Gasteiger partial charge in [-0.3, -0.25) is 4.79 Å². The molecule has 0 amide bonds. The minimum Gasteiger partial charge on any atom is -0.565 e. The van der Waals surface area contributed by atoms with E-state index in [2.05, 4.69) is 4.67 Å². The zero-order valence-electron chi connectivity index (χ0n) is 5.31. The molecule has 1 atom stereocenters. The van der Waals surface area contributed by atoms with Gasteiger partial charge < -0.3 is 10.6 Å². The smallest absolute Gasteiger partial charge is 0.521 e. The van der Waals surface area contributed by atoms with Gasteiger partial charge in [0, 0.05) is 6.10 Å². The molecule has 3 N–H and O–H groups in total. The zero-order chi connectivity index (χ0) is 8.57. The van der Waals surface area contributed by atoms with Crippen molar-refractivity contribution in [3.8, 4) is 0 Å². The summed E-state index contributed by atoms with van der Waals surface area (Å²) in [5.41, 5.74) is 4.82. The Kier molecular flexibility index (Phi) is 10.6. The number of Topliss-reactive ketones (excluding diaryl/α,β-unsaturated/α-hetero) is 1. The number of rotatable bonds is 2. The normalized spacial score (nSPS) is 9.40. The molecule has 7 heteroatoms. The van der Waals surface area contributed by atoms with Gasteiger partial charge in [0.2, 0.25) is 0 Å². The van der Waals surface area contributed by atoms with Crippen molar-refractivity contribution < 1.29 is 25.6 Å². The van der Waals surface area contributed by atoms with Crippen LogP contribution in [0.15, 0.2) is 0 Å². The lowest BCUT2D eigenvalue weighted by molar-refractivity contribution is -0.244. The van der Waals surface area contributed by atoms with Gasteiger partial charge in [-0.2, -0.15) is 0 Å². The summed E-state index contributed by atoms with van der Waals surface area (Å²) in [7, 11) is -3.04. The number of ketones is 1. The highest BCUT2D eigenvalue weighted by atomic mass is 31.1. The summed E-state index contributed by atoms with van der Waals surface area (Å²) >= 11 is 0. The Balaban J connectivity index is -0.000000107. The van der Waals surface area contributed by atoms with Crippen molar-refractivity contribution in [3.63, 3.8) is 0 Å². The first-order chi connectivity index (χ1) is 4.54. The van der Waals surface area contributed by atoms with Crippen molar-refractivity contribution in [2.75, 3.05) is 6.54 Å². The molecular formula is C3H10NO5P. The van der Waals surface area contributed by atoms with Crippen LogP contribution in [0.2, 0.25) is 0 Å². The third-order valence-electron chi connectivity index (χ3n) is 0.354. The monoisotopic (exact) mass is 171 g/mol. The Morgan fingerprint density at radius 1 is 2.00 bits per heavy atom. The van der Waals surface area contributed by atoms with Crippen LogP contribution in [0.1, 0.15) is 8.35 Å². The average molecular weight is 171 g/mol. The van der Waals surface area contributed by atoms with Gasteiger partial charge in [-0.25, -0.2) is 5.26 Å². The second kappa shape index (κ2) is 8.61. The second-order valence-electron chi connectivity index (χ2n) is 1.21. The van der Waals surface area contributed by atoms with Crippen LogP contribution in [0.25, 0.3) is 0 Å². The van der Waals surface area contributed by atoms with Crippen LogP contribution in [0.5, 0.6) is 0 Å². The summed E-state index contributed by atoms with van der Waals surface area (Å²) in [6, 6.07) is 0. The largest absolute Gasteiger partial charge is 0.565 e. The van der Waals surface area contributed by atoms with Gasteiger partial charge in [-0.15, -0.1) is 0 Å². The van der Waals surface area contributed by atoms with Crippen LogP contribution < -0.4 is 10.6 Å². The first-order valence-corrected chi connectivity index (χ1v) is 3.29. The SMILES string of the molecule is CC(=O)CN.O=[P+]([O-])OO.[HH]. The second-order valence-corrected chi connectivity index (χ2v) is 1.82. The van der Waals surface area contributed by atoms with E-state index in [-0.39, 0.29) is 13.8 Å². The molecule has 62 valence electrons. The summed E-state index contributed by atoms with van der Waals surface area (Å²) in [6.07, 6.45) is 0. The fraction of sp³-hybridized carbons (Fsp3) is 0.667. The highest BCUT2D eigenvalue weighted by Gasteiger charge is 1.90. The number of carbonyl (C=O) groups excluding carboxylic acids is 1. The number of hydrogen-bond donors (Lipinski definition) is 2. The maximum absolute atomic E-state index is 9.69. The van der Waals surface area contributed by atoms with Gasteiger partial charge in [-0.05, 0) is 11.5 Å². The van der Waals surface area contributed by atoms with Crippen LogP contribution in [0.4, 0.5) is 0 Å². The Morgan fingerprint density at radius 3 is 2.20 bits per heavy atom. The molecule has 0 aromatic carbocycles. The van der Waals surface area contributed by atoms with E-state index >= 15 is 0 Å². The number of carbonyl (C=O) groups is 1. The van der Waals surface area contributed by atoms with Crippen molar-refractivity contribution in [2.45, 2.75) is 6.92 Å². The molecular weight excluding hydrogens is 161 g/mol. The molecule has 6 nitrogen and oxygen atoms in total. The van der Waals surface area contributed by atoms with Gasteiger partial charge >= 0.3 is 8.25 Å². The fourth-order valence-electron chi connectivity index (χ4n) is 0. The van der Waals surface area contributed by atoms with Crippen molar-refractivity contribution in [1.82, 2.24) is 0 Å². The lowest BCUT2D eigenvalue weighted by Gasteiger charge is -1.73. The summed E-state index contributed by atoms with van der Waals surface area (Å²) in [5.74, 6) is 0.0324. The maximum atomic E-state index is 9.69. The molecule has 0 aliphatic heterocycles. The van der Waals surface area contributed by atoms with Gasteiger partial charge in [0.25, 0.3) is 0 Å². The summed E-state index contributed by atoms with van der Waals surface area (Å²) in [4.78, 5) is 18.6. The molecule has 0 fully saturated rings.